The number of ether oxygens (including phenoxy) is 2. The number of aryl methyl sites for hydroxylation is 1. The van der Waals surface area contributed by atoms with Gasteiger partial charge in [-0.3, -0.25) is 4.79 Å². The molecule has 11 heteroatoms. The summed E-state index contributed by atoms with van der Waals surface area (Å²) in [6.45, 7) is 1.35. The van der Waals surface area contributed by atoms with Gasteiger partial charge >= 0.3 is 11.9 Å². The van der Waals surface area contributed by atoms with Crippen molar-refractivity contribution >= 4 is 44.2 Å². The van der Waals surface area contributed by atoms with Crippen LogP contribution in [0, 0.1) is 0 Å². The van der Waals surface area contributed by atoms with Gasteiger partial charge in [0.25, 0.3) is 5.91 Å². The summed E-state index contributed by atoms with van der Waals surface area (Å²) in [5, 5.41) is 3.05. The van der Waals surface area contributed by atoms with Crippen molar-refractivity contribution in [3.63, 3.8) is 0 Å². The topological polar surface area (TPSA) is 119 Å². The summed E-state index contributed by atoms with van der Waals surface area (Å²) < 4.78 is 35.8. The molecule has 9 nitrogen and oxygen atoms in total. The van der Waals surface area contributed by atoms with Crippen LogP contribution in [-0.4, -0.2) is 57.9 Å². The number of hydrogen-bond acceptors (Lipinski definition) is 8. The average Bonchev–Trinajstić information content (AvgIpc) is 3.15. The number of carbonyl (C=O) groups is 3. The van der Waals surface area contributed by atoms with Gasteiger partial charge in [-0.15, -0.1) is 11.3 Å². The van der Waals surface area contributed by atoms with Crippen molar-refractivity contribution in [2.45, 2.75) is 37.5 Å². The van der Waals surface area contributed by atoms with E-state index in [4.69, 9.17) is 9.47 Å². The minimum Gasteiger partial charge on any atom is -0.462 e. The lowest BCUT2D eigenvalue weighted by Gasteiger charge is -2.12. The molecule has 33 heavy (non-hydrogen) atoms. The van der Waals surface area contributed by atoms with Gasteiger partial charge in [-0.2, -0.15) is 0 Å². The van der Waals surface area contributed by atoms with Gasteiger partial charge in [-0.25, -0.2) is 22.3 Å². The fraction of sp³-hybridized carbons (Fsp3) is 0.409. The van der Waals surface area contributed by atoms with E-state index in [1.54, 1.807) is 6.92 Å². The summed E-state index contributed by atoms with van der Waals surface area (Å²) in [4.78, 5) is 38.3. The second kappa shape index (κ2) is 10.4. The summed E-state index contributed by atoms with van der Waals surface area (Å²) in [7, 11) is -0.947. The van der Waals surface area contributed by atoms with Crippen molar-refractivity contribution in [2.75, 3.05) is 32.6 Å². The standard InChI is InChI=1S/C22H26N2O7S2/c1-4-30-22(27)19-16-10-5-6-11-17(16)32-20(19)23-18(25)13-31-21(26)14-8-7-9-15(12-14)33(28,29)24(2)3/h7-9,12H,4-6,10-11,13H2,1-3H3,(H,23,25). The molecule has 0 saturated heterocycles. The Bertz CT molecular complexity index is 1170. The Morgan fingerprint density at radius 3 is 2.52 bits per heavy atom. The van der Waals surface area contributed by atoms with Crippen molar-refractivity contribution in [3.8, 4) is 0 Å². The Balaban J connectivity index is 1.70. The number of benzene rings is 1. The van der Waals surface area contributed by atoms with Crippen LogP contribution in [0.1, 0.15) is 50.9 Å². The third-order valence-corrected chi connectivity index (χ3v) is 8.10. The number of carbonyl (C=O) groups excluding carboxylic acids is 3. The number of hydrogen-bond donors (Lipinski definition) is 1. The maximum absolute atomic E-state index is 12.5. The van der Waals surface area contributed by atoms with Crippen LogP contribution in [0.25, 0.3) is 0 Å². The molecule has 0 unspecified atom stereocenters. The molecule has 0 aliphatic heterocycles. The molecule has 0 bridgehead atoms. The van der Waals surface area contributed by atoms with E-state index < -0.39 is 34.5 Å². The van der Waals surface area contributed by atoms with Gasteiger partial charge in [0, 0.05) is 19.0 Å². The smallest absolute Gasteiger partial charge is 0.341 e. The summed E-state index contributed by atoms with van der Waals surface area (Å²) in [5.74, 6) is -1.93. The highest BCUT2D eigenvalue weighted by molar-refractivity contribution is 7.89. The van der Waals surface area contributed by atoms with E-state index in [-0.39, 0.29) is 17.1 Å². The van der Waals surface area contributed by atoms with Crippen LogP contribution >= 0.6 is 11.3 Å². The minimum absolute atomic E-state index is 0.00419. The molecule has 1 aliphatic rings. The van der Waals surface area contributed by atoms with Crippen LogP contribution in [0.3, 0.4) is 0 Å². The van der Waals surface area contributed by atoms with Crippen molar-refractivity contribution in [1.82, 2.24) is 4.31 Å². The third-order valence-electron chi connectivity index (χ3n) is 5.09. The highest BCUT2D eigenvalue weighted by atomic mass is 32.2. The van der Waals surface area contributed by atoms with Crippen molar-refractivity contribution < 1.29 is 32.3 Å². The molecule has 1 N–H and O–H groups in total. The highest BCUT2D eigenvalue weighted by Crippen LogP contribution is 2.38. The van der Waals surface area contributed by atoms with Crippen LogP contribution in [-0.2, 0) is 37.1 Å². The summed E-state index contributed by atoms with van der Waals surface area (Å²) in [6.07, 6.45) is 3.56. The number of fused-ring (bicyclic) bond motifs is 1. The van der Waals surface area contributed by atoms with E-state index in [1.807, 2.05) is 0 Å². The molecule has 0 atom stereocenters. The first-order valence-corrected chi connectivity index (χ1v) is 12.7. The quantitative estimate of drug-likeness (QED) is 0.561. The number of anilines is 1. The molecule has 0 saturated carbocycles. The van der Waals surface area contributed by atoms with E-state index >= 15 is 0 Å². The van der Waals surface area contributed by atoms with E-state index in [9.17, 15) is 22.8 Å². The van der Waals surface area contributed by atoms with Crippen molar-refractivity contribution in [1.29, 1.82) is 0 Å². The molecule has 1 aromatic carbocycles. The molecule has 2 aromatic rings. The van der Waals surface area contributed by atoms with Crippen LogP contribution < -0.4 is 5.32 Å². The van der Waals surface area contributed by atoms with Gasteiger partial charge in [-0.1, -0.05) is 6.07 Å². The van der Waals surface area contributed by atoms with E-state index in [1.165, 1.54) is 49.7 Å². The second-order valence-corrected chi connectivity index (χ2v) is 10.8. The van der Waals surface area contributed by atoms with Crippen LogP contribution in [0.2, 0.25) is 0 Å². The fourth-order valence-electron chi connectivity index (χ4n) is 3.44. The number of thiophene rings is 1. The van der Waals surface area contributed by atoms with E-state index in [2.05, 4.69) is 5.32 Å². The molecule has 1 aromatic heterocycles. The van der Waals surface area contributed by atoms with Crippen molar-refractivity contribution in [2.24, 2.45) is 0 Å². The Kier molecular flexibility index (Phi) is 7.88. The highest BCUT2D eigenvalue weighted by Gasteiger charge is 2.27. The van der Waals surface area contributed by atoms with Gasteiger partial charge in [-0.05, 0) is 56.4 Å². The number of amides is 1. The summed E-state index contributed by atoms with van der Waals surface area (Å²) in [5.41, 5.74) is 1.29. The monoisotopic (exact) mass is 494 g/mol. The molecular formula is C22H26N2O7S2. The second-order valence-electron chi connectivity index (χ2n) is 7.58. The van der Waals surface area contributed by atoms with E-state index in [0.717, 1.165) is 40.4 Å². The fourth-order valence-corrected chi connectivity index (χ4v) is 5.69. The predicted molar refractivity (Wildman–Crippen MR) is 123 cm³/mol. The Morgan fingerprint density at radius 1 is 1.09 bits per heavy atom. The maximum atomic E-state index is 12.5. The largest absolute Gasteiger partial charge is 0.462 e. The Labute approximate surface area is 196 Å². The minimum atomic E-state index is -3.72. The average molecular weight is 495 g/mol. The zero-order chi connectivity index (χ0) is 24.2. The number of nitrogens with one attached hydrogen (secondary N) is 1. The van der Waals surface area contributed by atoms with Gasteiger partial charge in [0.05, 0.1) is 22.6 Å². The molecule has 1 aliphatic carbocycles. The molecule has 3 rings (SSSR count). The lowest BCUT2D eigenvalue weighted by Crippen LogP contribution is -2.23. The molecule has 178 valence electrons. The molecule has 0 spiro atoms. The first-order chi connectivity index (χ1) is 15.6. The van der Waals surface area contributed by atoms with Gasteiger partial charge in [0.1, 0.15) is 5.00 Å². The van der Waals surface area contributed by atoms with Crippen LogP contribution in [0.4, 0.5) is 5.00 Å². The Hall–Kier alpha value is -2.76. The Morgan fingerprint density at radius 2 is 1.82 bits per heavy atom. The summed E-state index contributed by atoms with van der Waals surface area (Å²) in [6, 6.07) is 5.39. The number of esters is 2. The first-order valence-electron chi connectivity index (χ1n) is 10.5. The SMILES string of the molecule is CCOC(=O)c1c(NC(=O)COC(=O)c2cccc(S(=O)(=O)N(C)C)c2)sc2c1CCCC2. The normalized spacial score (nSPS) is 13.3. The number of rotatable bonds is 8. The molecule has 0 radical (unpaired) electrons. The molecule has 1 amide bonds. The van der Waals surface area contributed by atoms with Gasteiger partial charge in [0.2, 0.25) is 10.0 Å². The van der Waals surface area contributed by atoms with Gasteiger partial charge in [0.15, 0.2) is 6.61 Å². The van der Waals surface area contributed by atoms with Crippen molar-refractivity contribution in [3.05, 3.63) is 45.8 Å². The lowest BCUT2D eigenvalue weighted by molar-refractivity contribution is -0.119. The molecule has 1 heterocycles. The van der Waals surface area contributed by atoms with Gasteiger partial charge < -0.3 is 14.8 Å². The zero-order valence-electron chi connectivity index (χ0n) is 18.7. The molecular weight excluding hydrogens is 468 g/mol. The number of sulfonamides is 1. The van der Waals surface area contributed by atoms with Crippen LogP contribution in [0.15, 0.2) is 29.2 Å². The number of nitrogens with zero attached hydrogens (tertiary/aromatic N) is 1. The third kappa shape index (κ3) is 5.60. The summed E-state index contributed by atoms with van der Waals surface area (Å²) >= 11 is 1.34. The molecule has 0 fully saturated rings. The van der Waals surface area contributed by atoms with E-state index in [0.29, 0.717) is 10.6 Å². The zero-order valence-corrected chi connectivity index (χ0v) is 20.3. The van der Waals surface area contributed by atoms with Crippen LogP contribution in [0.5, 0.6) is 0 Å². The predicted octanol–water partition coefficient (Wildman–Crippen LogP) is 2.85. The maximum Gasteiger partial charge on any atom is 0.341 e. The lowest BCUT2D eigenvalue weighted by atomic mass is 9.95. The first kappa shape index (κ1) is 24.9.